The zero-order valence-corrected chi connectivity index (χ0v) is 5.78. The molecule has 2 rings (SSSR count). The van der Waals surface area contributed by atoms with E-state index in [1.807, 2.05) is 12.3 Å². The lowest BCUT2D eigenvalue weighted by Crippen LogP contribution is -1.80. The van der Waals surface area contributed by atoms with Crippen LogP contribution in [0.4, 0.5) is 0 Å². The summed E-state index contributed by atoms with van der Waals surface area (Å²) in [6.45, 7) is 0. The topological polar surface area (TPSA) is 30.2 Å². The molecule has 0 aromatic carbocycles. The Hall–Kier alpha value is -1.09. The fourth-order valence-electron chi connectivity index (χ4n) is 0.817. The van der Waals surface area contributed by atoms with E-state index in [2.05, 4.69) is 10.2 Å². The molecular weight excluding hydrogens is 150 g/mol. The van der Waals surface area contributed by atoms with E-state index < -0.39 is 0 Å². The number of hydrogen-bond donors (Lipinski definition) is 0. The van der Waals surface area contributed by atoms with Crippen molar-refractivity contribution >= 4 is 17.2 Å². The van der Waals surface area contributed by atoms with E-state index in [1.54, 1.807) is 16.8 Å². The second-order valence-electron chi connectivity index (χ2n) is 1.92. The molecule has 0 saturated carbocycles. The van der Waals surface area contributed by atoms with E-state index >= 15 is 0 Å². The zero-order chi connectivity index (χ0) is 6.97. The lowest BCUT2D eigenvalue weighted by molar-refractivity contribution is 1.10. The zero-order valence-electron chi connectivity index (χ0n) is 5.03. The molecule has 0 amide bonds. The van der Waals surface area contributed by atoms with Gasteiger partial charge in [-0.2, -0.15) is 0 Å². The van der Waals surface area contributed by atoms with Crippen molar-refractivity contribution in [3.8, 4) is 0 Å². The van der Waals surface area contributed by atoms with Crippen molar-refractivity contribution < 1.29 is 0 Å². The van der Waals surface area contributed by atoms with Crippen molar-refractivity contribution in [1.29, 1.82) is 0 Å². The Kier molecular flexibility index (Phi) is 1.11. The minimum atomic E-state index is 0.625. The van der Waals surface area contributed by atoms with Gasteiger partial charge in [-0.1, -0.05) is 11.6 Å². The second kappa shape index (κ2) is 1.95. The molecule has 0 radical (unpaired) electrons. The van der Waals surface area contributed by atoms with Crippen LogP contribution in [-0.2, 0) is 0 Å². The summed E-state index contributed by atoms with van der Waals surface area (Å²) in [6, 6.07) is 3.63. The van der Waals surface area contributed by atoms with Crippen LogP contribution in [0.25, 0.3) is 5.65 Å². The first-order chi connectivity index (χ1) is 4.88. The molecule has 0 aliphatic rings. The van der Waals surface area contributed by atoms with Crippen molar-refractivity contribution in [1.82, 2.24) is 14.6 Å². The van der Waals surface area contributed by atoms with Gasteiger partial charge in [-0.15, -0.1) is 10.2 Å². The van der Waals surface area contributed by atoms with Crippen LogP contribution in [0, 0.1) is 0 Å². The Morgan fingerprint density at radius 1 is 1.50 bits per heavy atom. The molecule has 0 spiro atoms. The largest absolute Gasteiger partial charge is 0.288 e. The molecule has 0 fully saturated rings. The molecule has 2 aromatic heterocycles. The maximum Gasteiger partial charge on any atom is 0.179 e. The van der Waals surface area contributed by atoms with Crippen LogP contribution in [0.3, 0.4) is 0 Å². The Labute approximate surface area is 62.3 Å². The third kappa shape index (κ3) is 0.675. The van der Waals surface area contributed by atoms with Crippen LogP contribution in [0.1, 0.15) is 0 Å². The Morgan fingerprint density at radius 3 is 3.20 bits per heavy atom. The molecule has 3 nitrogen and oxygen atoms in total. The normalized spacial score (nSPS) is 10.5. The molecule has 0 atom stereocenters. The predicted molar refractivity (Wildman–Crippen MR) is 38.0 cm³/mol. The number of halogens is 1. The van der Waals surface area contributed by atoms with E-state index in [4.69, 9.17) is 11.6 Å². The lowest BCUT2D eigenvalue weighted by atomic mass is 10.5. The van der Waals surface area contributed by atoms with Gasteiger partial charge in [0.05, 0.1) is 5.02 Å². The molecule has 2 heterocycles. The van der Waals surface area contributed by atoms with Crippen LogP contribution in [0.5, 0.6) is 0 Å². The number of pyridine rings is 1. The van der Waals surface area contributed by atoms with E-state index in [0.717, 1.165) is 0 Å². The molecule has 0 saturated heterocycles. The number of nitrogens with zero attached hydrogens (tertiary/aromatic N) is 3. The summed E-state index contributed by atoms with van der Waals surface area (Å²) in [6.07, 6.45) is 3.46. The van der Waals surface area contributed by atoms with Crippen molar-refractivity contribution in [3.63, 3.8) is 0 Å². The highest BCUT2D eigenvalue weighted by Crippen LogP contribution is 2.12. The molecule has 0 bridgehead atoms. The van der Waals surface area contributed by atoms with E-state index in [0.29, 0.717) is 10.7 Å². The second-order valence-corrected chi connectivity index (χ2v) is 2.33. The van der Waals surface area contributed by atoms with Gasteiger partial charge in [0.15, 0.2) is 5.65 Å². The van der Waals surface area contributed by atoms with Gasteiger partial charge in [0.25, 0.3) is 0 Å². The first-order valence-corrected chi connectivity index (χ1v) is 3.19. The highest BCUT2D eigenvalue weighted by Gasteiger charge is 1.96. The SMILES string of the molecule is Clc1cccn2cnnc12. The first kappa shape index (κ1) is 5.68. The summed E-state index contributed by atoms with van der Waals surface area (Å²) in [5.74, 6) is 0. The fourth-order valence-corrected chi connectivity index (χ4v) is 1.03. The van der Waals surface area contributed by atoms with Crippen molar-refractivity contribution in [2.24, 2.45) is 0 Å². The molecule has 0 N–H and O–H groups in total. The maximum atomic E-state index is 5.78. The highest BCUT2D eigenvalue weighted by molar-refractivity contribution is 6.33. The summed E-state index contributed by atoms with van der Waals surface area (Å²) in [5, 5.41) is 8.11. The minimum absolute atomic E-state index is 0.625. The number of aromatic nitrogens is 3. The summed E-state index contributed by atoms with van der Waals surface area (Å²) in [7, 11) is 0. The van der Waals surface area contributed by atoms with Gasteiger partial charge in [0.2, 0.25) is 0 Å². The highest BCUT2D eigenvalue weighted by atomic mass is 35.5. The molecule has 4 heteroatoms. The van der Waals surface area contributed by atoms with Crippen molar-refractivity contribution in [2.75, 3.05) is 0 Å². The number of rotatable bonds is 0. The van der Waals surface area contributed by atoms with Crippen molar-refractivity contribution in [3.05, 3.63) is 29.7 Å². The molecule has 2 aromatic rings. The van der Waals surface area contributed by atoms with Gasteiger partial charge < -0.3 is 0 Å². The monoisotopic (exact) mass is 153 g/mol. The van der Waals surface area contributed by atoms with Gasteiger partial charge in [-0.3, -0.25) is 4.40 Å². The average molecular weight is 154 g/mol. The smallest absolute Gasteiger partial charge is 0.179 e. The summed E-state index contributed by atoms with van der Waals surface area (Å²) < 4.78 is 1.77. The Balaban J connectivity index is 2.95. The summed E-state index contributed by atoms with van der Waals surface area (Å²) >= 11 is 5.78. The third-order valence-electron chi connectivity index (χ3n) is 1.28. The molecule has 0 aliphatic heterocycles. The summed E-state index contributed by atoms with van der Waals surface area (Å²) in [4.78, 5) is 0. The lowest BCUT2D eigenvalue weighted by Gasteiger charge is -1.90. The molecule has 10 heavy (non-hydrogen) atoms. The standard InChI is InChI=1S/C6H4ClN3/c7-5-2-1-3-10-4-8-9-6(5)10/h1-4H. The first-order valence-electron chi connectivity index (χ1n) is 2.82. The van der Waals surface area contributed by atoms with E-state index in [-0.39, 0.29) is 0 Å². The van der Waals surface area contributed by atoms with Crippen LogP contribution >= 0.6 is 11.6 Å². The number of fused-ring (bicyclic) bond motifs is 1. The Bertz CT molecular complexity index is 355. The molecule has 0 aliphatic carbocycles. The molecular formula is C6H4ClN3. The van der Waals surface area contributed by atoms with Crippen LogP contribution < -0.4 is 0 Å². The van der Waals surface area contributed by atoms with E-state index in [9.17, 15) is 0 Å². The van der Waals surface area contributed by atoms with Crippen LogP contribution in [0.2, 0.25) is 5.02 Å². The quantitative estimate of drug-likeness (QED) is 0.573. The third-order valence-corrected chi connectivity index (χ3v) is 1.57. The molecule has 0 unspecified atom stereocenters. The predicted octanol–water partition coefficient (Wildman–Crippen LogP) is 1.38. The average Bonchev–Trinajstić information content (AvgIpc) is 2.36. The maximum absolute atomic E-state index is 5.78. The minimum Gasteiger partial charge on any atom is -0.288 e. The van der Waals surface area contributed by atoms with Gasteiger partial charge in [0, 0.05) is 6.20 Å². The number of hydrogen-bond acceptors (Lipinski definition) is 2. The van der Waals surface area contributed by atoms with Gasteiger partial charge >= 0.3 is 0 Å². The Morgan fingerprint density at radius 2 is 2.40 bits per heavy atom. The van der Waals surface area contributed by atoms with E-state index in [1.165, 1.54) is 0 Å². The van der Waals surface area contributed by atoms with Gasteiger partial charge in [-0.05, 0) is 12.1 Å². The van der Waals surface area contributed by atoms with Gasteiger partial charge in [0.1, 0.15) is 6.33 Å². The van der Waals surface area contributed by atoms with Crippen LogP contribution in [-0.4, -0.2) is 14.6 Å². The molecule has 50 valence electrons. The summed E-state index contributed by atoms with van der Waals surface area (Å²) in [5.41, 5.74) is 0.698. The van der Waals surface area contributed by atoms with Crippen molar-refractivity contribution in [2.45, 2.75) is 0 Å². The van der Waals surface area contributed by atoms with Crippen LogP contribution in [0.15, 0.2) is 24.7 Å². The van der Waals surface area contributed by atoms with Gasteiger partial charge in [-0.25, -0.2) is 0 Å². The fraction of sp³-hybridized carbons (Fsp3) is 0.